The van der Waals surface area contributed by atoms with Crippen LogP contribution < -0.4 is 0 Å². The first-order valence-electron chi connectivity index (χ1n) is 6.59. The first kappa shape index (κ1) is 18.2. The Balaban J connectivity index is 2.00. The minimum absolute atomic E-state index is 0.0755. The minimum Gasteiger partial charge on any atom is -0.372 e. The second-order valence-electron chi connectivity index (χ2n) is 4.68. The van der Waals surface area contributed by atoms with Crippen molar-refractivity contribution in [3.8, 4) is 0 Å². The van der Waals surface area contributed by atoms with E-state index in [1.54, 1.807) is 0 Å². The number of benzene rings is 2. The molecule has 1 unspecified atom stereocenters. The van der Waals surface area contributed by atoms with Crippen LogP contribution in [0.25, 0.3) is 0 Å². The maximum absolute atomic E-state index is 13.7. The largest absolute Gasteiger partial charge is 0.390 e. The van der Waals surface area contributed by atoms with Gasteiger partial charge in [0.05, 0.1) is 18.8 Å². The van der Waals surface area contributed by atoms with Crippen molar-refractivity contribution in [1.82, 2.24) is 0 Å². The highest BCUT2D eigenvalue weighted by molar-refractivity contribution is 9.10. The van der Waals surface area contributed by atoms with E-state index < -0.39 is 19.9 Å². The molecule has 124 valence electrons. The molecule has 0 aromatic heterocycles. The van der Waals surface area contributed by atoms with Crippen molar-refractivity contribution in [2.45, 2.75) is 19.3 Å². The van der Waals surface area contributed by atoms with Crippen LogP contribution in [-0.4, -0.2) is 4.89 Å². The van der Waals surface area contributed by atoms with Gasteiger partial charge in [-0.2, -0.15) is 8.78 Å². The standard InChI is InChI=1S/C15H14BrF2O4P/c16-14-8-12(10-21-9-11-4-2-1-3-5-11)6-7-13(14)15(17,18)22-23(19)20/h1-8,23H,9-10H2,(H,19,20). The number of alkyl halides is 2. The molecular weight excluding hydrogens is 393 g/mol. The zero-order valence-electron chi connectivity index (χ0n) is 11.8. The fourth-order valence-corrected chi connectivity index (χ4v) is 2.90. The number of hydrogen-bond donors (Lipinski definition) is 1. The number of hydrogen-bond acceptors (Lipinski definition) is 3. The first-order valence-corrected chi connectivity index (χ1v) is 8.64. The molecule has 2 aromatic carbocycles. The van der Waals surface area contributed by atoms with E-state index in [-0.39, 0.29) is 11.1 Å². The molecule has 4 nitrogen and oxygen atoms in total. The molecule has 0 aliphatic heterocycles. The number of halogens is 3. The summed E-state index contributed by atoms with van der Waals surface area (Å²) in [5.41, 5.74) is 1.18. The molecular formula is C15H14BrF2O4P. The summed E-state index contributed by atoms with van der Waals surface area (Å²) in [6.45, 7) is 0.656. The Bertz CT molecular complexity index is 682. The highest BCUT2D eigenvalue weighted by Crippen LogP contribution is 2.40. The lowest BCUT2D eigenvalue weighted by molar-refractivity contribution is -0.186. The van der Waals surface area contributed by atoms with Gasteiger partial charge in [-0.1, -0.05) is 52.3 Å². The summed E-state index contributed by atoms with van der Waals surface area (Å²) in [4.78, 5) is 8.53. The third kappa shape index (κ3) is 5.48. The molecule has 0 heterocycles. The summed E-state index contributed by atoms with van der Waals surface area (Å²) in [6.07, 6.45) is -3.84. The molecule has 1 atom stereocenters. The first-order chi connectivity index (χ1) is 10.9. The Morgan fingerprint density at radius 3 is 2.35 bits per heavy atom. The fraction of sp³-hybridized carbons (Fsp3) is 0.200. The van der Waals surface area contributed by atoms with Crippen LogP contribution in [0.3, 0.4) is 0 Å². The van der Waals surface area contributed by atoms with Crippen molar-refractivity contribution in [3.63, 3.8) is 0 Å². The van der Waals surface area contributed by atoms with Crippen molar-refractivity contribution in [2.24, 2.45) is 0 Å². The van der Waals surface area contributed by atoms with E-state index in [2.05, 4.69) is 20.5 Å². The van der Waals surface area contributed by atoms with E-state index in [4.69, 9.17) is 9.63 Å². The summed E-state index contributed by atoms with van der Waals surface area (Å²) in [5, 5.41) is 0. The Morgan fingerprint density at radius 1 is 1.09 bits per heavy atom. The van der Waals surface area contributed by atoms with Crippen LogP contribution in [0.4, 0.5) is 8.78 Å². The fourth-order valence-electron chi connectivity index (χ4n) is 1.91. The predicted octanol–water partition coefficient (Wildman–Crippen LogP) is 4.61. The average Bonchev–Trinajstić information content (AvgIpc) is 2.47. The average molecular weight is 407 g/mol. The van der Waals surface area contributed by atoms with E-state index in [0.717, 1.165) is 11.6 Å². The molecule has 0 radical (unpaired) electrons. The van der Waals surface area contributed by atoms with Crippen LogP contribution in [0.2, 0.25) is 0 Å². The second kappa shape index (κ2) is 8.13. The van der Waals surface area contributed by atoms with Gasteiger partial charge in [-0.25, -0.2) is 4.52 Å². The normalized spacial score (nSPS) is 13.0. The lowest BCUT2D eigenvalue weighted by Crippen LogP contribution is -2.15. The molecule has 0 saturated carbocycles. The van der Waals surface area contributed by atoms with Gasteiger partial charge in [0, 0.05) is 4.47 Å². The topological polar surface area (TPSA) is 55.8 Å². The molecule has 8 heteroatoms. The quantitative estimate of drug-likeness (QED) is 0.681. The minimum atomic E-state index is -3.84. The summed E-state index contributed by atoms with van der Waals surface area (Å²) in [7, 11) is -3.75. The lowest BCUT2D eigenvalue weighted by atomic mass is 10.1. The highest BCUT2D eigenvalue weighted by atomic mass is 79.9. The molecule has 23 heavy (non-hydrogen) atoms. The van der Waals surface area contributed by atoms with Gasteiger partial charge in [-0.3, -0.25) is 4.57 Å². The van der Waals surface area contributed by atoms with Crippen molar-refractivity contribution in [2.75, 3.05) is 0 Å². The van der Waals surface area contributed by atoms with Crippen molar-refractivity contribution < 1.29 is 27.5 Å². The third-order valence-corrected chi connectivity index (χ3v) is 4.03. The SMILES string of the molecule is O=[PH](O)OC(F)(F)c1ccc(COCc2ccccc2)cc1Br. The Hall–Kier alpha value is -1.11. The van der Waals surface area contributed by atoms with Gasteiger partial charge in [-0.15, -0.1) is 0 Å². The van der Waals surface area contributed by atoms with Gasteiger partial charge in [0.1, 0.15) is 0 Å². The second-order valence-corrected chi connectivity index (χ2v) is 6.27. The summed E-state index contributed by atoms with van der Waals surface area (Å²) in [5.74, 6) is 0. The van der Waals surface area contributed by atoms with Crippen molar-refractivity contribution in [1.29, 1.82) is 0 Å². The monoisotopic (exact) mass is 406 g/mol. The Morgan fingerprint density at radius 2 is 1.74 bits per heavy atom. The van der Waals surface area contributed by atoms with Gasteiger partial charge < -0.3 is 9.63 Å². The highest BCUT2D eigenvalue weighted by Gasteiger charge is 2.37. The zero-order chi connectivity index (χ0) is 16.9. The molecule has 0 amide bonds. The zero-order valence-corrected chi connectivity index (χ0v) is 14.4. The van der Waals surface area contributed by atoms with Gasteiger partial charge in [0.2, 0.25) is 0 Å². The third-order valence-electron chi connectivity index (χ3n) is 2.94. The molecule has 0 spiro atoms. The van der Waals surface area contributed by atoms with Crippen LogP contribution in [0.5, 0.6) is 0 Å². The molecule has 0 aliphatic rings. The molecule has 0 fully saturated rings. The summed E-state index contributed by atoms with van der Waals surface area (Å²) >= 11 is 3.02. The molecule has 0 bridgehead atoms. The summed E-state index contributed by atoms with van der Waals surface area (Å²) < 4.78 is 47.2. The number of ether oxygens (including phenoxy) is 1. The van der Waals surface area contributed by atoms with E-state index >= 15 is 0 Å². The Labute approximate surface area is 141 Å². The number of rotatable bonds is 7. The van der Waals surface area contributed by atoms with Crippen LogP contribution >= 0.6 is 24.2 Å². The van der Waals surface area contributed by atoms with Crippen molar-refractivity contribution in [3.05, 3.63) is 69.7 Å². The Kier molecular flexibility index (Phi) is 6.44. The maximum Gasteiger partial charge on any atom is 0.390 e. The van der Waals surface area contributed by atoms with Crippen LogP contribution in [-0.2, 0) is 33.1 Å². The maximum atomic E-state index is 13.7. The lowest BCUT2D eigenvalue weighted by Gasteiger charge is -2.17. The van der Waals surface area contributed by atoms with Crippen molar-refractivity contribution >= 4 is 24.2 Å². The summed E-state index contributed by atoms with van der Waals surface area (Å²) in [6, 6.07) is 13.6. The molecule has 2 rings (SSSR count). The van der Waals surface area contributed by atoms with Gasteiger partial charge in [-0.05, 0) is 23.3 Å². The van der Waals surface area contributed by atoms with E-state index in [1.165, 1.54) is 12.1 Å². The van der Waals surface area contributed by atoms with Crippen LogP contribution in [0.1, 0.15) is 16.7 Å². The van der Waals surface area contributed by atoms with Gasteiger partial charge in [0.15, 0.2) is 0 Å². The van der Waals surface area contributed by atoms with Crippen LogP contribution in [0.15, 0.2) is 53.0 Å². The van der Waals surface area contributed by atoms with E-state index in [1.807, 2.05) is 30.3 Å². The smallest absolute Gasteiger partial charge is 0.372 e. The van der Waals surface area contributed by atoms with E-state index in [0.29, 0.717) is 12.2 Å². The van der Waals surface area contributed by atoms with Gasteiger partial charge in [0.25, 0.3) is 0 Å². The van der Waals surface area contributed by atoms with Crippen LogP contribution in [0, 0.1) is 0 Å². The molecule has 1 N–H and O–H groups in total. The molecule has 0 saturated heterocycles. The molecule has 0 aliphatic carbocycles. The predicted molar refractivity (Wildman–Crippen MR) is 85.3 cm³/mol. The van der Waals surface area contributed by atoms with Gasteiger partial charge >= 0.3 is 14.4 Å². The molecule has 2 aromatic rings. The van der Waals surface area contributed by atoms with E-state index in [9.17, 15) is 13.3 Å².